The Morgan fingerprint density at radius 3 is 1.08 bits per heavy atom. The van der Waals surface area contributed by atoms with Gasteiger partial charge < -0.3 is 55.8 Å². The summed E-state index contributed by atoms with van der Waals surface area (Å²) in [5.74, 6) is 0.137. The van der Waals surface area contributed by atoms with Crippen LogP contribution in [0, 0.1) is 6.92 Å². The van der Waals surface area contributed by atoms with Crippen LogP contribution in [0.1, 0.15) is 144 Å². The van der Waals surface area contributed by atoms with Crippen molar-refractivity contribution in [2.24, 2.45) is 0 Å². The van der Waals surface area contributed by atoms with Crippen LogP contribution in [0.4, 0.5) is 0 Å². The number of aromatic nitrogens is 9. The fourth-order valence-electron chi connectivity index (χ4n) is 20.5. The van der Waals surface area contributed by atoms with Crippen LogP contribution in [0.15, 0.2) is 278 Å². The van der Waals surface area contributed by atoms with E-state index in [4.69, 9.17) is 20.8 Å². The normalized spacial score (nSPS) is 13.7. The highest BCUT2D eigenvalue weighted by atomic mass is 35.5. The lowest BCUT2D eigenvalue weighted by Crippen LogP contribution is -2.32. The molecule has 4 aliphatic rings. The largest absolute Gasteiger partial charge is 0.494 e. The number of nitrogens with one attached hydrogen (secondary N) is 5. The van der Waals surface area contributed by atoms with Crippen LogP contribution in [-0.2, 0) is 130 Å². The van der Waals surface area contributed by atoms with Gasteiger partial charge in [0, 0.05) is 203 Å². The first-order chi connectivity index (χ1) is 70.1. The van der Waals surface area contributed by atoms with E-state index in [1.165, 1.54) is 16.5 Å². The van der Waals surface area contributed by atoms with Crippen molar-refractivity contribution >= 4 is 100 Å². The number of para-hydroxylation sites is 2. The molecule has 4 aliphatic heterocycles. The molecule has 0 spiro atoms. The standard InChI is InChI=1S/C29H29N5O2.C29H28N4O3.C29H32N4O3.C28H29ClN4O2/c35-16-15-34-26-12-14-33(18-23-9-4-7-21-11-13-30-27(21)23)19-25(26)28(32-34)29(36)31-17-22-8-3-6-20-5-1-2-10-24(20)22;34-15-14-33-26-11-13-32(18-23-9-4-7-21-12-16-36-28(21)23)19-25(26)27(31-33)29(35)30-17-22-8-3-6-20-5-1-2-10-24(20)22;1-2-36-24-12-10-21(11-13-24)19-32-15-14-27-26(20-32)28(31-33(27)16-17-34)29(35)30-18-23-8-5-7-22-6-3-4-9-25(22)23;1-19-9-10-20(15-25(19)29)17-32-12-11-26-24(18-32)27(31-33(26)13-14-34)28(35)30-16-22-7-4-6-21-5-2-3-8-23(21)22/h1-11,13,30,35H,12,14-19H2,(H,31,36);1-10,12,16,34H,11,13-15,17-19H2,(H,30,35);3-13,34H,2,14-20H2,1H3,(H,30,35);2-10,15,34H,11-14,16-18H2,1H3,(H,30,35). The number of carbonyl (C=O) groups is 4. The summed E-state index contributed by atoms with van der Waals surface area (Å²) in [6.07, 6.45) is 6.82. The van der Waals surface area contributed by atoms with Gasteiger partial charge in [-0.15, -0.1) is 0 Å². The second kappa shape index (κ2) is 45.4. The van der Waals surface area contributed by atoms with Crippen LogP contribution in [0.25, 0.3) is 65.0 Å². The zero-order valence-electron chi connectivity index (χ0n) is 80.5. The topological polar surface area (TPSA) is 320 Å². The molecule has 0 aliphatic carbocycles. The maximum atomic E-state index is 13.4. The number of nitrogens with zero attached hydrogens (tertiary/aromatic N) is 12. The quantitative estimate of drug-likeness (QED) is 0.0202. The van der Waals surface area contributed by atoms with E-state index < -0.39 is 0 Å². The van der Waals surface area contributed by atoms with Crippen molar-refractivity contribution in [3.8, 4) is 5.75 Å². The molecule has 0 saturated carbocycles. The Hall–Kier alpha value is -14.8. The molecule has 0 unspecified atom stereocenters. The number of ether oxygens (including phenoxy) is 1. The van der Waals surface area contributed by atoms with Crippen molar-refractivity contribution in [1.29, 1.82) is 0 Å². The van der Waals surface area contributed by atoms with E-state index in [2.05, 4.69) is 188 Å². The van der Waals surface area contributed by atoms with Crippen molar-refractivity contribution in [3.05, 3.63) is 396 Å². The summed E-state index contributed by atoms with van der Waals surface area (Å²) in [5.41, 5.74) is 21.9. The number of aliphatic hydroxyl groups excluding tert-OH is 4. The van der Waals surface area contributed by atoms with E-state index >= 15 is 0 Å². The molecule has 6 aromatic heterocycles. The SMILES string of the molecule is CCOc1ccc(CN2CCc3c(c(C(=O)NCc4cccc5ccccc45)nn3CCO)C2)cc1.Cc1ccc(CN2CCc3c(c(C(=O)NCc4cccc5ccccc45)nn3CCO)C2)cc1Cl.O=C(NCc1cccc2ccccc12)c1nn(CCO)c2c1CN(Cc1cccc3cc[nH]c13)CC2.O=C(NCc1cccc2ccccc12)c1nn(CCO)c2c1CN(Cc1cccc3ccoc13)CC2. The number of aromatic amines is 1. The fraction of sp³-hybridized carbons (Fsp3) is 0.270. The van der Waals surface area contributed by atoms with E-state index in [1.54, 1.807) is 20.3 Å². The van der Waals surface area contributed by atoms with E-state index in [1.807, 2.05) is 164 Å². The molecular weight excluding hydrogens is 1810 g/mol. The summed E-state index contributed by atoms with van der Waals surface area (Å²) in [5, 5.41) is 81.3. The number of hydrogen-bond acceptors (Lipinski definition) is 18. The highest BCUT2D eigenvalue weighted by Crippen LogP contribution is 2.35. The number of aryl methyl sites for hydroxylation is 1. The van der Waals surface area contributed by atoms with Gasteiger partial charge in [0.15, 0.2) is 22.8 Å². The van der Waals surface area contributed by atoms with Crippen molar-refractivity contribution in [2.45, 2.75) is 144 Å². The predicted molar refractivity (Wildman–Crippen MR) is 557 cm³/mol. The van der Waals surface area contributed by atoms with E-state index in [0.717, 1.165) is 232 Å². The molecule has 28 heteroatoms. The molecule has 22 rings (SSSR count). The van der Waals surface area contributed by atoms with Gasteiger partial charge in [-0.25, -0.2) is 0 Å². The number of H-pyrrole nitrogens is 1. The predicted octanol–water partition coefficient (Wildman–Crippen LogP) is 16.7. The second-order valence-corrected chi connectivity index (χ2v) is 37.2. The summed E-state index contributed by atoms with van der Waals surface area (Å²) < 4.78 is 18.5. The van der Waals surface area contributed by atoms with E-state index in [9.17, 15) is 39.6 Å². The lowest BCUT2D eigenvalue weighted by Gasteiger charge is -2.28. The molecule has 4 amide bonds. The third-order valence-corrected chi connectivity index (χ3v) is 27.9. The number of carbonyl (C=O) groups excluding carboxylic acids is 4. The second-order valence-electron chi connectivity index (χ2n) is 36.8. The lowest BCUT2D eigenvalue weighted by molar-refractivity contribution is 0.0934. The van der Waals surface area contributed by atoms with Crippen molar-refractivity contribution in [1.82, 2.24) is 85.0 Å². The maximum absolute atomic E-state index is 13.4. The maximum Gasteiger partial charge on any atom is 0.272 e. The van der Waals surface area contributed by atoms with Crippen molar-refractivity contribution in [2.75, 3.05) is 59.2 Å². The molecule has 10 heterocycles. The Kier molecular flexibility index (Phi) is 30.9. The molecule has 730 valence electrons. The smallest absolute Gasteiger partial charge is 0.272 e. The number of furan rings is 1. The average molecular weight is 1930 g/mol. The van der Waals surface area contributed by atoms with E-state index in [-0.39, 0.29) is 50.1 Å². The molecule has 0 bridgehead atoms. The highest BCUT2D eigenvalue weighted by molar-refractivity contribution is 6.31. The van der Waals surface area contributed by atoms with Gasteiger partial charge in [-0.05, 0) is 137 Å². The number of benzene rings is 12. The van der Waals surface area contributed by atoms with Gasteiger partial charge in [0.05, 0.1) is 65.5 Å². The molecule has 143 heavy (non-hydrogen) atoms. The molecule has 0 atom stereocenters. The monoisotopic (exact) mass is 1930 g/mol. The Labute approximate surface area is 834 Å². The fourth-order valence-corrected chi connectivity index (χ4v) is 20.7. The summed E-state index contributed by atoms with van der Waals surface area (Å²) in [4.78, 5) is 66.1. The number of fused-ring (bicyclic) bond motifs is 10. The molecule has 9 N–H and O–H groups in total. The highest BCUT2D eigenvalue weighted by Gasteiger charge is 2.34. The summed E-state index contributed by atoms with van der Waals surface area (Å²) in [7, 11) is 0. The Morgan fingerprint density at radius 2 is 0.699 bits per heavy atom. The Morgan fingerprint density at radius 1 is 0.371 bits per heavy atom. The first-order valence-electron chi connectivity index (χ1n) is 49.2. The summed E-state index contributed by atoms with van der Waals surface area (Å²) in [6, 6.07) is 88.2. The van der Waals surface area contributed by atoms with Gasteiger partial charge in [0.2, 0.25) is 0 Å². The third-order valence-electron chi connectivity index (χ3n) is 27.5. The minimum absolute atomic E-state index is 0.0102. The molecule has 0 radical (unpaired) electrons. The van der Waals surface area contributed by atoms with Crippen LogP contribution in [0.5, 0.6) is 5.75 Å². The molecule has 0 saturated heterocycles. The number of hydrogen-bond donors (Lipinski definition) is 9. The van der Waals surface area contributed by atoms with Gasteiger partial charge in [0.1, 0.15) is 11.3 Å². The van der Waals surface area contributed by atoms with Gasteiger partial charge in [-0.3, -0.25) is 57.5 Å². The minimum Gasteiger partial charge on any atom is -0.494 e. The van der Waals surface area contributed by atoms with Crippen LogP contribution >= 0.6 is 11.6 Å². The first-order valence-corrected chi connectivity index (χ1v) is 49.6. The van der Waals surface area contributed by atoms with Crippen LogP contribution in [0.2, 0.25) is 5.02 Å². The molecule has 0 fully saturated rings. The van der Waals surface area contributed by atoms with Crippen molar-refractivity contribution in [3.63, 3.8) is 0 Å². The minimum atomic E-state index is -0.189. The molecule has 18 aromatic rings. The Balaban J connectivity index is 0.000000121. The molecule has 12 aromatic carbocycles. The number of rotatable bonds is 30. The zero-order valence-corrected chi connectivity index (χ0v) is 81.2. The summed E-state index contributed by atoms with van der Waals surface area (Å²) >= 11 is 6.33. The Bertz CT molecular complexity index is 7350. The number of halogens is 1. The van der Waals surface area contributed by atoms with Crippen LogP contribution in [0.3, 0.4) is 0 Å². The van der Waals surface area contributed by atoms with Gasteiger partial charge in [-0.2, -0.15) is 20.4 Å². The van der Waals surface area contributed by atoms with Gasteiger partial charge in [0.25, 0.3) is 23.6 Å². The lowest BCUT2D eigenvalue weighted by atomic mass is 10.0. The average Bonchev–Trinajstić information content (AvgIpc) is 1.64. The van der Waals surface area contributed by atoms with Crippen molar-refractivity contribution < 1.29 is 48.8 Å². The molecular formula is C115H118ClN17O10. The third kappa shape index (κ3) is 22.3. The number of aliphatic hydroxyl groups is 4. The van der Waals surface area contributed by atoms with Crippen LogP contribution in [-0.4, -0.2) is 167 Å². The van der Waals surface area contributed by atoms with E-state index in [0.29, 0.717) is 108 Å². The van der Waals surface area contributed by atoms with Gasteiger partial charge in [-0.1, -0.05) is 242 Å². The van der Waals surface area contributed by atoms with Gasteiger partial charge >= 0.3 is 0 Å². The van der Waals surface area contributed by atoms with Crippen LogP contribution < -0.4 is 26.0 Å². The first kappa shape index (κ1) is 97.1. The molecule has 27 nitrogen and oxygen atoms in total. The zero-order chi connectivity index (χ0) is 98.2. The number of amides is 4. The summed E-state index contributed by atoms with van der Waals surface area (Å²) in [6.45, 7) is 16.9.